The molecule has 2 heterocycles. The summed E-state index contributed by atoms with van der Waals surface area (Å²) in [7, 11) is 0. The molecule has 0 saturated heterocycles. The Morgan fingerprint density at radius 1 is 0.861 bits per heavy atom. The van der Waals surface area contributed by atoms with E-state index in [1.54, 1.807) is 30.3 Å². The van der Waals surface area contributed by atoms with E-state index in [9.17, 15) is 9.59 Å². The second kappa shape index (κ2) is 9.72. The average molecular weight is 496 g/mol. The number of benzene rings is 3. The Kier molecular flexibility index (Phi) is 6.32. The van der Waals surface area contributed by atoms with Crippen molar-refractivity contribution in [2.24, 2.45) is 0 Å². The lowest BCUT2D eigenvalue weighted by Crippen LogP contribution is -2.08. The predicted molar refractivity (Wildman–Crippen MR) is 144 cm³/mol. The van der Waals surface area contributed by atoms with Crippen LogP contribution in [-0.4, -0.2) is 5.91 Å². The van der Waals surface area contributed by atoms with Crippen LogP contribution in [0.3, 0.4) is 0 Å². The van der Waals surface area contributed by atoms with E-state index in [2.05, 4.69) is 5.32 Å². The summed E-state index contributed by atoms with van der Waals surface area (Å²) < 4.78 is 11.3. The summed E-state index contributed by atoms with van der Waals surface area (Å²) in [5.41, 5.74) is 4.69. The average Bonchev–Trinajstić information content (AvgIpc) is 3.33. The molecule has 0 bridgehead atoms. The Hall–Kier alpha value is -4.35. The van der Waals surface area contributed by atoms with E-state index < -0.39 is 5.63 Å². The SMILES string of the molecule is Cc1ccc(-c2ccc(C=CC(=O)Nc3ccc(-c4cc5ccccc5oc4=O)c(C)c3)o2)cc1Cl. The minimum atomic E-state index is -0.401. The molecule has 3 aromatic carbocycles. The zero-order valence-corrected chi connectivity index (χ0v) is 20.4. The van der Waals surface area contributed by atoms with Crippen LogP contribution >= 0.6 is 11.6 Å². The monoisotopic (exact) mass is 495 g/mol. The van der Waals surface area contributed by atoms with Gasteiger partial charge in [0, 0.05) is 27.7 Å². The van der Waals surface area contributed by atoms with E-state index in [1.165, 1.54) is 6.08 Å². The van der Waals surface area contributed by atoms with Crippen LogP contribution in [0, 0.1) is 13.8 Å². The molecule has 0 fully saturated rings. The number of hydrogen-bond acceptors (Lipinski definition) is 4. The highest BCUT2D eigenvalue weighted by atomic mass is 35.5. The minimum absolute atomic E-state index is 0.302. The molecule has 178 valence electrons. The molecular weight excluding hydrogens is 474 g/mol. The molecule has 0 aliphatic rings. The maximum Gasteiger partial charge on any atom is 0.344 e. The lowest BCUT2D eigenvalue weighted by atomic mass is 10.0. The van der Waals surface area contributed by atoms with Crippen molar-refractivity contribution in [2.45, 2.75) is 13.8 Å². The number of hydrogen-bond donors (Lipinski definition) is 1. The third kappa shape index (κ3) is 4.88. The zero-order chi connectivity index (χ0) is 25.2. The van der Waals surface area contributed by atoms with Crippen LogP contribution < -0.4 is 10.9 Å². The molecule has 0 aliphatic carbocycles. The summed E-state index contributed by atoms with van der Waals surface area (Å²) in [5.74, 6) is 0.913. The fourth-order valence-corrected chi connectivity index (χ4v) is 4.16. The van der Waals surface area contributed by atoms with Gasteiger partial charge in [0.25, 0.3) is 0 Å². The third-order valence-corrected chi connectivity index (χ3v) is 6.31. The number of anilines is 1. The van der Waals surface area contributed by atoms with Crippen molar-refractivity contribution in [1.82, 2.24) is 0 Å². The Balaban J connectivity index is 1.30. The summed E-state index contributed by atoms with van der Waals surface area (Å²) >= 11 is 6.21. The Morgan fingerprint density at radius 3 is 2.50 bits per heavy atom. The highest BCUT2D eigenvalue weighted by Gasteiger charge is 2.11. The van der Waals surface area contributed by atoms with Crippen molar-refractivity contribution in [2.75, 3.05) is 5.32 Å². The summed E-state index contributed by atoms with van der Waals surface area (Å²) in [6, 6.07) is 24.0. The quantitative estimate of drug-likeness (QED) is 0.201. The molecule has 0 atom stereocenters. The van der Waals surface area contributed by atoms with Gasteiger partial charge in [-0.3, -0.25) is 4.79 Å². The van der Waals surface area contributed by atoms with Crippen LogP contribution in [0.1, 0.15) is 16.9 Å². The first kappa shape index (κ1) is 23.4. The smallest absolute Gasteiger partial charge is 0.344 e. The summed E-state index contributed by atoms with van der Waals surface area (Å²) in [6.45, 7) is 3.83. The number of furan rings is 1. The molecule has 6 heteroatoms. The van der Waals surface area contributed by atoms with E-state index >= 15 is 0 Å². The van der Waals surface area contributed by atoms with Crippen molar-refractivity contribution in [3.63, 3.8) is 0 Å². The highest BCUT2D eigenvalue weighted by Crippen LogP contribution is 2.28. The highest BCUT2D eigenvalue weighted by molar-refractivity contribution is 6.31. The first-order valence-electron chi connectivity index (χ1n) is 11.4. The van der Waals surface area contributed by atoms with Crippen LogP contribution in [0.5, 0.6) is 0 Å². The first-order chi connectivity index (χ1) is 17.4. The van der Waals surface area contributed by atoms with Gasteiger partial charge in [0.15, 0.2) is 0 Å². The van der Waals surface area contributed by atoms with E-state index in [1.807, 2.05) is 68.4 Å². The van der Waals surface area contributed by atoms with Crippen LogP contribution in [-0.2, 0) is 4.79 Å². The normalized spacial score (nSPS) is 11.3. The van der Waals surface area contributed by atoms with Crippen molar-refractivity contribution in [1.29, 1.82) is 0 Å². The fourth-order valence-electron chi connectivity index (χ4n) is 3.98. The standard InChI is InChI=1S/C30H22ClNO4/c1-18-7-8-21(17-26(18)31)28-13-10-23(35-28)11-14-29(33)32-22-9-12-24(19(2)15-22)25-16-20-5-3-4-6-27(20)36-30(25)34/h3-17H,1-2H3,(H,32,33). The molecule has 5 rings (SSSR count). The number of carbonyl (C=O) groups excluding carboxylic acids is 1. The fraction of sp³-hybridized carbons (Fsp3) is 0.0667. The van der Waals surface area contributed by atoms with Gasteiger partial charge in [-0.15, -0.1) is 0 Å². The van der Waals surface area contributed by atoms with Crippen LogP contribution in [0.25, 0.3) is 39.5 Å². The Morgan fingerprint density at radius 2 is 1.69 bits per heavy atom. The van der Waals surface area contributed by atoms with Gasteiger partial charge < -0.3 is 14.2 Å². The van der Waals surface area contributed by atoms with Crippen molar-refractivity contribution < 1.29 is 13.6 Å². The van der Waals surface area contributed by atoms with Gasteiger partial charge >= 0.3 is 5.63 Å². The maximum atomic E-state index is 12.5. The molecule has 0 unspecified atom stereocenters. The lowest BCUT2D eigenvalue weighted by molar-refractivity contribution is -0.111. The molecule has 0 saturated carbocycles. The molecule has 5 nitrogen and oxygen atoms in total. The summed E-state index contributed by atoms with van der Waals surface area (Å²) in [4.78, 5) is 25.0. The van der Waals surface area contributed by atoms with E-state index in [4.69, 9.17) is 20.4 Å². The minimum Gasteiger partial charge on any atom is -0.457 e. The van der Waals surface area contributed by atoms with Gasteiger partial charge in [0.05, 0.1) is 5.56 Å². The first-order valence-corrected chi connectivity index (χ1v) is 11.7. The summed E-state index contributed by atoms with van der Waals surface area (Å²) in [5, 5.41) is 4.36. The second-order valence-electron chi connectivity index (χ2n) is 8.50. The van der Waals surface area contributed by atoms with E-state index in [-0.39, 0.29) is 5.91 Å². The number of amides is 1. The number of para-hydroxylation sites is 1. The van der Waals surface area contributed by atoms with E-state index in [0.717, 1.165) is 27.6 Å². The second-order valence-corrected chi connectivity index (χ2v) is 8.91. The molecule has 36 heavy (non-hydrogen) atoms. The molecular formula is C30H22ClNO4. The number of rotatable bonds is 5. The Labute approximate surface area is 212 Å². The van der Waals surface area contributed by atoms with Crippen molar-refractivity contribution in [3.8, 4) is 22.5 Å². The van der Waals surface area contributed by atoms with Gasteiger partial charge in [0.1, 0.15) is 17.1 Å². The number of fused-ring (bicyclic) bond motifs is 1. The molecule has 1 N–H and O–H groups in total. The molecule has 5 aromatic rings. The third-order valence-electron chi connectivity index (χ3n) is 5.91. The maximum absolute atomic E-state index is 12.5. The number of halogens is 1. The Bertz CT molecular complexity index is 1690. The van der Waals surface area contributed by atoms with Gasteiger partial charge in [-0.05, 0) is 79.1 Å². The van der Waals surface area contributed by atoms with Crippen LogP contribution in [0.2, 0.25) is 5.02 Å². The molecule has 0 spiro atoms. The van der Waals surface area contributed by atoms with Crippen LogP contribution in [0.15, 0.2) is 98.6 Å². The number of nitrogens with one attached hydrogen (secondary N) is 1. The van der Waals surface area contributed by atoms with Gasteiger partial charge in [0.2, 0.25) is 5.91 Å². The predicted octanol–water partition coefficient (Wildman–Crippen LogP) is 7.64. The van der Waals surface area contributed by atoms with Crippen LogP contribution in [0.4, 0.5) is 5.69 Å². The molecule has 0 aliphatic heterocycles. The largest absolute Gasteiger partial charge is 0.457 e. The zero-order valence-electron chi connectivity index (χ0n) is 19.7. The van der Waals surface area contributed by atoms with E-state index in [0.29, 0.717) is 33.4 Å². The molecule has 1 amide bonds. The van der Waals surface area contributed by atoms with Gasteiger partial charge in [-0.25, -0.2) is 4.79 Å². The van der Waals surface area contributed by atoms with Crippen molar-refractivity contribution >= 4 is 40.2 Å². The van der Waals surface area contributed by atoms with Gasteiger partial charge in [-0.1, -0.05) is 48.0 Å². The van der Waals surface area contributed by atoms with Gasteiger partial charge in [-0.2, -0.15) is 0 Å². The van der Waals surface area contributed by atoms with Crippen molar-refractivity contribution in [3.05, 3.63) is 117 Å². The molecule has 0 radical (unpaired) electrons. The number of aryl methyl sites for hydroxylation is 2. The number of carbonyl (C=O) groups is 1. The molecule has 2 aromatic heterocycles. The topological polar surface area (TPSA) is 72.5 Å². The summed E-state index contributed by atoms with van der Waals surface area (Å²) in [6.07, 6.45) is 3.02. The lowest BCUT2D eigenvalue weighted by Gasteiger charge is -2.09.